The van der Waals surface area contributed by atoms with Crippen molar-refractivity contribution in [3.63, 3.8) is 0 Å². The Kier molecular flexibility index (Phi) is 5.58. The van der Waals surface area contributed by atoms with Gasteiger partial charge < -0.3 is 9.80 Å². The van der Waals surface area contributed by atoms with Gasteiger partial charge in [0.05, 0.1) is 5.69 Å². The number of piperidine rings is 1. The highest BCUT2D eigenvalue weighted by molar-refractivity contribution is 5.94. The molecule has 2 aliphatic rings. The summed E-state index contributed by atoms with van der Waals surface area (Å²) in [6.45, 7) is 4.44. The first-order valence-electron chi connectivity index (χ1n) is 10.3. The molecular formula is C22H30N4O. The van der Waals surface area contributed by atoms with Crippen LogP contribution >= 0.6 is 0 Å². The van der Waals surface area contributed by atoms with Crippen LogP contribution in [0.2, 0.25) is 0 Å². The minimum Gasteiger partial charge on any atom is -0.334 e. The maximum Gasteiger partial charge on any atom is 0.272 e. The van der Waals surface area contributed by atoms with E-state index in [-0.39, 0.29) is 5.91 Å². The van der Waals surface area contributed by atoms with Crippen LogP contribution in [-0.4, -0.2) is 57.7 Å². The van der Waals surface area contributed by atoms with Crippen molar-refractivity contribution < 1.29 is 4.79 Å². The Labute approximate surface area is 162 Å². The number of aryl methyl sites for hydroxylation is 1. The number of nitrogens with zero attached hydrogens (tertiary/aromatic N) is 4. The zero-order chi connectivity index (χ0) is 18.6. The molecule has 5 heteroatoms. The molecule has 1 atom stereocenters. The van der Waals surface area contributed by atoms with E-state index in [2.05, 4.69) is 14.9 Å². The van der Waals surface area contributed by atoms with Crippen molar-refractivity contribution in [2.45, 2.75) is 44.6 Å². The first kappa shape index (κ1) is 18.2. The fourth-order valence-electron chi connectivity index (χ4n) is 4.47. The van der Waals surface area contributed by atoms with Gasteiger partial charge >= 0.3 is 0 Å². The second-order valence-electron chi connectivity index (χ2n) is 7.89. The van der Waals surface area contributed by atoms with E-state index in [1.165, 1.54) is 32.4 Å². The average Bonchev–Trinajstić information content (AvgIpc) is 3.36. The fourth-order valence-corrected chi connectivity index (χ4v) is 4.47. The molecule has 1 aromatic carbocycles. The van der Waals surface area contributed by atoms with E-state index in [1.807, 2.05) is 43.4 Å². The number of amides is 1. The van der Waals surface area contributed by atoms with Gasteiger partial charge in [-0.25, -0.2) is 0 Å². The first-order valence-corrected chi connectivity index (χ1v) is 10.3. The lowest BCUT2D eigenvalue weighted by atomic mass is 9.98. The normalized spacial score (nSPS) is 20.9. The van der Waals surface area contributed by atoms with E-state index in [9.17, 15) is 4.79 Å². The molecule has 0 saturated carbocycles. The Bertz CT molecular complexity index is 764. The third-order valence-electron chi connectivity index (χ3n) is 6.03. The van der Waals surface area contributed by atoms with Crippen LogP contribution in [0.25, 0.3) is 11.3 Å². The zero-order valence-electron chi connectivity index (χ0n) is 16.3. The Morgan fingerprint density at radius 2 is 1.81 bits per heavy atom. The van der Waals surface area contributed by atoms with Gasteiger partial charge in [0.1, 0.15) is 5.69 Å². The quantitative estimate of drug-likeness (QED) is 0.812. The molecule has 144 valence electrons. The highest BCUT2D eigenvalue weighted by atomic mass is 16.2. The molecule has 0 aliphatic carbocycles. The Morgan fingerprint density at radius 1 is 1.07 bits per heavy atom. The third kappa shape index (κ3) is 4.08. The van der Waals surface area contributed by atoms with Gasteiger partial charge in [-0.1, -0.05) is 30.3 Å². The van der Waals surface area contributed by atoms with E-state index in [1.54, 1.807) is 4.68 Å². The van der Waals surface area contributed by atoms with Gasteiger partial charge in [-0.15, -0.1) is 0 Å². The molecule has 0 bridgehead atoms. The minimum absolute atomic E-state index is 0.137. The van der Waals surface area contributed by atoms with Crippen LogP contribution in [0.3, 0.4) is 0 Å². The highest BCUT2D eigenvalue weighted by Gasteiger charge is 2.30. The smallest absolute Gasteiger partial charge is 0.272 e. The predicted molar refractivity (Wildman–Crippen MR) is 108 cm³/mol. The summed E-state index contributed by atoms with van der Waals surface area (Å²) in [4.78, 5) is 18.0. The van der Waals surface area contributed by atoms with Gasteiger partial charge in [0, 0.05) is 31.7 Å². The predicted octanol–water partition coefficient (Wildman–Crippen LogP) is 3.57. The molecule has 5 nitrogen and oxygen atoms in total. The second-order valence-corrected chi connectivity index (χ2v) is 7.89. The molecular weight excluding hydrogens is 336 g/mol. The van der Waals surface area contributed by atoms with Gasteiger partial charge in [0.15, 0.2) is 0 Å². The van der Waals surface area contributed by atoms with E-state index >= 15 is 0 Å². The molecule has 2 aliphatic heterocycles. The van der Waals surface area contributed by atoms with Gasteiger partial charge in [-0.05, 0) is 57.7 Å². The molecule has 1 aromatic heterocycles. The van der Waals surface area contributed by atoms with Crippen LogP contribution < -0.4 is 0 Å². The molecule has 2 fully saturated rings. The summed E-state index contributed by atoms with van der Waals surface area (Å²) in [5.41, 5.74) is 2.62. The van der Waals surface area contributed by atoms with Crippen molar-refractivity contribution in [3.05, 3.63) is 42.1 Å². The number of hydrogen-bond donors (Lipinski definition) is 0. The average molecular weight is 367 g/mol. The summed E-state index contributed by atoms with van der Waals surface area (Å²) in [6.07, 6.45) is 7.21. The van der Waals surface area contributed by atoms with Crippen LogP contribution in [-0.2, 0) is 7.05 Å². The molecule has 0 spiro atoms. The standard InChI is InChI=1S/C22H30N4O/c1-24-21(17-20(23-24)18-9-3-2-4-10-18)22(27)26-15-6-5-11-19(26)12-16-25-13-7-8-14-25/h2-4,9-10,17,19H,5-8,11-16H2,1H3. The number of carbonyl (C=O) groups is 1. The van der Waals surface area contributed by atoms with Gasteiger partial charge in [0.2, 0.25) is 0 Å². The van der Waals surface area contributed by atoms with E-state index in [0.717, 1.165) is 43.6 Å². The maximum absolute atomic E-state index is 13.3. The molecule has 0 N–H and O–H groups in total. The van der Waals surface area contributed by atoms with Crippen molar-refractivity contribution >= 4 is 5.91 Å². The third-order valence-corrected chi connectivity index (χ3v) is 6.03. The molecule has 1 unspecified atom stereocenters. The van der Waals surface area contributed by atoms with Crippen LogP contribution in [0.5, 0.6) is 0 Å². The van der Waals surface area contributed by atoms with Crippen molar-refractivity contribution in [1.29, 1.82) is 0 Å². The summed E-state index contributed by atoms with van der Waals surface area (Å²) in [5.74, 6) is 0.137. The summed E-state index contributed by atoms with van der Waals surface area (Å²) in [6, 6.07) is 12.4. The zero-order valence-corrected chi connectivity index (χ0v) is 16.3. The summed E-state index contributed by atoms with van der Waals surface area (Å²) < 4.78 is 1.75. The number of carbonyl (C=O) groups excluding carboxylic acids is 1. The van der Waals surface area contributed by atoms with E-state index in [4.69, 9.17) is 0 Å². The summed E-state index contributed by atoms with van der Waals surface area (Å²) >= 11 is 0. The molecule has 2 aromatic rings. The van der Waals surface area contributed by atoms with Crippen molar-refractivity contribution in [2.24, 2.45) is 7.05 Å². The van der Waals surface area contributed by atoms with Gasteiger partial charge in [-0.3, -0.25) is 9.48 Å². The lowest BCUT2D eigenvalue weighted by Gasteiger charge is -2.36. The van der Waals surface area contributed by atoms with Crippen molar-refractivity contribution in [2.75, 3.05) is 26.2 Å². The van der Waals surface area contributed by atoms with Gasteiger partial charge in [0.25, 0.3) is 5.91 Å². The SMILES string of the molecule is Cn1nc(-c2ccccc2)cc1C(=O)N1CCCCC1CCN1CCCC1. The topological polar surface area (TPSA) is 41.4 Å². The molecule has 1 amide bonds. The van der Waals surface area contributed by atoms with E-state index in [0.29, 0.717) is 11.7 Å². The Hall–Kier alpha value is -2.14. The Balaban J connectivity index is 1.49. The van der Waals surface area contributed by atoms with Crippen molar-refractivity contribution in [3.8, 4) is 11.3 Å². The largest absolute Gasteiger partial charge is 0.334 e. The lowest BCUT2D eigenvalue weighted by molar-refractivity contribution is 0.0576. The molecule has 27 heavy (non-hydrogen) atoms. The van der Waals surface area contributed by atoms with Crippen LogP contribution in [0.1, 0.15) is 49.0 Å². The maximum atomic E-state index is 13.3. The minimum atomic E-state index is 0.137. The molecule has 3 heterocycles. The van der Waals surface area contributed by atoms with Gasteiger partial charge in [-0.2, -0.15) is 5.10 Å². The summed E-state index contributed by atoms with van der Waals surface area (Å²) in [7, 11) is 1.88. The summed E-state index contributed by atoms with van der Waals surface area (Å²) in [5, 5.41) is 4.59. The molecule has 4 rings (SSSR count). The Morgan fingerprint density at radius 3 is 2.59 bits per heavy atom. The second kappa shape index (κ2) is 8.26. The van der Waals surface area contributed by atoms with E-state index < -0.39 is 0 Å². The monoisotopic (exact) mass is 366 g/mol. The number of likely N-dealkylation sites (tertiary alicyclic amines) is 2. The highest BCUT2D eigenvalue weighted by Crippen LogP contribution is 2.25. The number of aromatic nitrogens is 2. The lowest BCUT2D eigenvalue weighted by Crippen LogP contribution is -2.45. The number of hydrogen-bond acceptors (Lipinski definition) is 3. The van der Waals surface area contributed by atoms with Crippen LogP contribution in [0, 0.1) is 0 Å². The fraction of sp³-hybridized carbons (Fsp3) is 0.545. The van der Waals surface area contributed by atoms with Crippen LogP contribution in [0.4, 0.5) is 0 Å². The molecule has 0 radical (unpaired) electrons. The number of benzene rings is 1. The number of rotatable bonds is 5. The van der Waals surface area contributed by atoms with Crippen LogP contribution in [0.15, 0.2) is 36.4 Å². The first-order chi connectivity index (χ1) is 13.2. The van der Waals surface area contributed by atoms with Crippen molar-refractivity contribution in [1.82, 2.24) is 19.6 Å². The molecule has 2 saturated heterocycles.